The molecule has 3 rings (SSSR count). The van der Waals surface area contributed by atoms with Crippen LogP contribution in [0, 0.1) is 0 Å². The van der Waals surface area contributed by atoms with Gasteiger partial charge in [0.2, 0.25) is 0 Å². The van der Waals surface area contributed by atoms with Crippen LogP contribution < -0.4 is 0 Å². The molecule has 2 aromatic carbocycles. The Balaban J connectivity index is 1.59. The molecule has 0 saturated heterocycles. The van der Waals surface area contributed by atoms with Gasteiger partial charge >= 0.3 is 0 Å². The summed E-state index contributed by atoms with van der Waals surface area (Å²) < 4.78 is 16.9. The second-order valence-electron chi connectivity index (χ2n) is 4.72. The Bertz CT molecular complexity index is 633. The van der Waals surface area contributed by atoms with E-state index in [-0.39, 0.29) is 6.10 Å². The molecule has 19 heavy (non-hydrogen) atoms. The summed E-state index contributed by atoms with van der Waals surface area (Å²) in [6.07, 6.45) is 2.82. The van der Waals surface area contributed by atoms with Crippen LogP contribution in [0.1, 0.15) is 5.56 Å². The average Bonchev–Trinajstić information content (AvgIpc) is 2.84. The standard InChI is InChI=1S/C16H16O2S/c17-19-10-8-16(12-19)18-9-7-13-5-6-14-3-1-2-4-15(14)11-13/h1-6,8,10-11,16H,7,9,12H2. The summed E-state index contributed by atoms with van der Waals surface area (Å²) in [6, 6.07) is 14.9. The zero-order chi connectivity index (χ0) is 13.1. The number of ether oxygens (including phenoxy) is 1. The fourth-order valence-corrected chi connectivity index (χ4v) is 3.27. The highest BCUT2D eigenvalue weighted by molar-refractivity contribution is 7.88. The van der Waals surface area contributed by atoms with Crippen LogP contribution in [-0.4, -0.2) is 22.7 Å². The van der Waals surface area contributed by atoms with Crippen molar-refractivity contribution < 1.29 is 8.95 Å². The first-order valence-electron chi connectivity index (χ1n) is 6.46. The largest absolute Gasteiger partial charge is 0.373 e. The van der Waals surface area contributed by atoms with Crippen LogP contribution in [0.2, 0.25) is 0 Å². The van der Waals surface area contributed by atoms with E-state index in [0.29, 0.717) is 12.4 Å². The van der Waals surface area contributed by atoms with E-state index in [1.807, 2.05) is 6.08 Å². The van der Waals surface area contributed by atoms with Gasteiger partial charge in [0.15, 0.2) is 0 Å². The van der Waals surface area contributed by atoms with E-state index in [4.69, 9.17) is 4.74 Å². The van der Waals surface area contributed by atoms with Gasteiger partial charge in [-0.15, -0.1) is 0 Å². The monoisotopic (exact) mass is 272 g/mol. The molecule has 0 bridgehead atoms. The van der Waals surface area contributed by atoms with Gasteiger partial charge in [0, 0.05) is 16.2 Å². The normalized spacial score (nSPS) is 22.1. The van der Waals surface area contributed by atoms with Crippen LogP contribution in [0.5, 0.6) is 0 Å². The molecular formula is C16H16O2S. The predicted octanol–water partition coefficient (Wildman–Crippen LogP) is 3.04. The van der Waals surface area contributed by atoms with Crippen molar-refractivity contribution >= 4 is 21.6 Å². The lowest BCUT2D eigenvalue weighted by atomic mass is 10.1. The summed E-state index contributed by atoms with van der Waals surface area (Å²) in [4.78, 5) is 0. The summed E-state index contributed by atoms with van der Waals surface area (Å²) in [5, 5.41) is 4.25. The fraction of sp³-hybridized carbons (Fsp3) is 0.250. The molecule has 2 atom stereocenters. The van der Waals surface area contributed by atoms with Crippen LogP contribution >= 0.6 is 0 Å². The maximum Gasteiger partial charge on any atom is 0.0883 e. The molecule has 3 heteroatoms. The molecule has 0 aliphatic carbocycles. The second kappa shape index (κ2) is 5.68. The van der Waals surface area contributed by atoms with E-state index < -0.39 is 10.8 Å². The Morgan fingerprint density at radius 2 is 2.00 bits per heavy atom. The van der Waals surface area contributed by atoms with Crippen LogP contribution in [0.15, 0.2) is 53.9 Å². The van der Waals surface area contributed by atoms with E-state index in [1.54, 1.807) is 5.41 Å². The Hall–Kier alpha value is -1.45. The van der Waals surface area contributed by atoms with Crippen molar-refractivity contribution in [2.24, 2.45) is 0 Å². The molecular weight excluding hydrogens is 256 g/mol. The van der Waals surface area contributed by atoms with Crippen molar-refractivity contribution in [3.05, 3.63) is 59.5 Å². The summed E-state index contributed by atoms with van der Waals surface area (Å²) in [6.45, 7) is 0.671. The molecule has 2 nitrogen and oxygen atoms in total. The van der Waals surface area contributed by atoms with Crippen molar-refractivity contribution in [2.75, 3.05) is 12.4 Å². The highest BCUT2D eigenvalue weighted by Crippen LogP contribution is 2.16. The summed E-state index contributed by atoms with van der Waals surface area (Å²) in [5.41, 5.74) is 1.28. The van der Waals surface area contributed by atoms with E-state index in [0.717, 1.165) is 6.42 Å². The van der Waals surface area contributed by atoms with Crippen LogP contribution in [-0.2, 0) is 22.0 Å². The zero-order valence-electron chi connectivity index (χ0n) is 10.6. The number of rotatable bonds is 4. The summed E-state index contributed by atoms with van der Waals surface area (Å²) in [7, 11) is -0.825. The van der Waals surface area contributed by atoms with Crippen molar-refractivity contribution in [2.45, 2.75) is 12.5 Å². The molecule has 0 fully saturated rings. The Kier molecular flexibility index (Phi) is 3.76. The van der Waals surface area contributed by atoms with Gasteiger partial charge in [0.25, 0.3) is 0 Å². The fourth-order valence-electron chi connectivity index (χ4n) is 2.27. The van der Waals surface area contributed by atoms with E-state index in [1.165, 1.54) is 16.3 Å². The number of hydrogen-bond acceptors (Lipinski definition) is 2. The zero-order valence-corrected chi connectivity index (χ0v) is 11.4. The highest BCUT2D eigenvalue weighted by Gasteiger charge is 2.14. The molecule has 2 aromatic rings. The molecule has 0 N–H and O–H groups in total. The molecule has 1 heterocycles. The molecule has 0 amide bonds. The Morgan fingerprint density at radius 3 is 2.79 bits per heavy atom. The quantitative estimate of drug-likeness (QED) is 0.855. The van der Waals surface area contributed by atoms with Gasteiger partial charge in [0.1, 0.15) is 0 Å². The third-order valence-corrected chi connectivity index (χ3v) is 4.43. The minimum absolute atomic E-state index is 0.0290. The maximum atomic E-state index is 11.2. The molecule has 1 aliphatic heterocycles. The molecule has 0 saturated carbocycles. The van der Waals surface area contributed by atoms with Gasteiger partial charge in [-0.3, -0.25) is 4.21 Å². The molecule has 0 aromatic heterocycles. The number of hydrogen-bond donors (Lipinski definition) is 0. The molecule has 2 unspecified atom stereocenters. The smallest absolute Gasteiger partial charge is 0.0883 e. The van der Waals surface area contributed by atoms with E-state index in [9.17, 15) is 4.21 Å². The third-order valence-electron chi connectivity index (χ3n) is 3.31. The lowest BCUT2D eigenvalue weighted by Crippen LogP contribution is -2.14. The first kappa shape index (κ1) is 12.6. The SMILES string of the molecule is O=S1C=CC(OCCc2ccc3ccccc3c2)C1. The van der Waals surface area contributed by atoms with Crippen LogP contribution in [0.3, 0.4) is 0 Å². The van der Waals surface area contributed by atoms with Crippen LogP contribution in [0.25, 0.3) is 10.8 Å². The Labute approximate surface area is 115 Å². The minimum atomic E-state index is -0.825. The van der Waals surface area contributed by atoms with Crippen molar-refractivity contribution in [1.82, 2.24) is 0 Å². The van der Waals surface area contributed by atoms with Gasteiger partial charge < -0.3 is 4.74 Å². The molecule has 98 valence electrons. The van der Waals surface area contributed by atoms with Gasteiger partial charge in [0.05, 0.1) is 18.5 Å². The highest BCUT2D eigenvalue weighted by atomic mass is 32.2. The first-order valence-corrected chi connectivity index (χ1v) is 7.84. The van der Waals surface area contributed by atoms with Crippen molar-refractivity contribution in [3.63, 3.8) is 0 Å². The lowest BCUT2D eigenvalue weighted by Gasteiger charge is -2.09. The second-order valence-corrected chi connectivity index (χ2v) is 6.08. The Morgan fingerprint density at radius 1 is 1.16 bits per heavy atom. The summed E-state index contributed by atoms with van der Waals surface area (Å²) in [5.74, 6) is 0.609. The molecule has 0 spiro atoms. The number of benzene rings is 2. The van der Waals surface area contributed by atoms with Gasteiger partial charge in [-0.1, -0.05) is 42.5 Å². The van der Waals surface area contributed by atoms with E-state index in [2.05, 4.69) is 42.5 Å². The first-order chi connectivity index (χ1) is 9.31. The predicted molar refractivity (Wildman–Crippen MR) is 79.5 cm³/mol. The van der Waals surface area contributed by atoms with Crippen molar-refractivity contribution in [1.29, 1.82) is 0 Å². The molecule has 1 aliphatic rings. The third kappa shape index (κ3) is 3.11. The average molecular weight is 272 g/mol. The topological polar surface area (TPSA) is 26.3 Å². The van der Waals surface area contributed by atoms with Gasteiger partial charge in [-0.05, 0) is 28.8 Å². The minimum Gasteiger partial charge on any atom is -0.373 e. The van der Waals surface area contributed by atoms with Crippen molar-refractivity contribution in [3.8, 4) is 0 Å². The number of fused-ring (bicyclic) bond motifs is 1. The summed E-state index contributed by atoms with van der Waals surface area (Å²) >= 11 is 0. The van der Waals surface area contributed by atoms with E-state index >= 15 is 0 Å². The molecule has 0 radical (unpaired) electrons. The van der Waals surface area contributed by atoms with Crippen LogP contribution in [0.4, 0.5) is 0 Å². The lowest BCUT2D eigenvalue weighted by molar-refractivity contribution is 0.104. The maximum absolute atomic E-state index is 11.2. The van der Waals surface area contributed by atoms with Gasteiger partial charge in [-0.2, -0.15) is 0 Å². The van der Waals surface area contributed by atoms with Gasteiger partial charge in [-0.25, -0.2) is 0 Å².